The molecule has 0 heterocycles. The smallest absolute Gasteiger partial charge is 0.306 e. The van der Waals surface area contributed by atoms with Gasteiger partial charge in [0.2, 0.25) is 0 Å². The van der Waals surface area contributed by atoms with Crippen molar-refractivity contribution in [2.75, 3.05) is 13.2 Å². The largest absolute Gasteiger partial charge is 0.462 e. The molecular weight excluding hydrogens is 757 g/mol. The summed E-state index contributed by atoms with van der Waals surface area (Å²) in [4.78, 5) is 37.8. The second-order valence-electron chi connectivity index (χ2n) is 15.6. The number of esters is 3. The van der Waals surface area contributed by atoms with Crippen molar-refractivity contribution in [3.63, 3.8) is 0 Å². The number of rotatable bonds is 42. The van der Waals surface area contributed by atoms with Crippen molar-refractivity contribution in [1.29, 1.82) is 0 Å². The lowest BCUT2D eigenvalue weighted by atomic mass is 10.1. The van der Waals surface area contributed by atoms with Gasteiger partial charge in [-0.05, 0) is 96.3 Å². The fourth-order valence-electron chi connectivity index (χ4n) is 6.24. The van der Waals surface area contributed by atoms with E-state index in [1.54, 1.807) is 0 Å². The van der Waals surface area contributed by atoms with Gasteiger partial charge in [-0.3, -0.25) is 14.4 Å². The molecule has 1 atom stereocenters. The van der Waals surface area contributed by atoms with Crippen LogP contribution >= 0.6 is 0 Å². The molecule has 344 valence electrons. The summed E-state index contributed by atoms with van der Waals surface area (Å²) < 4.78 is 16.7. The lowest BCUT2D eigenvalue weighted by Crippen LogP contribution is -2.30. The predicted octanol–water partition coefficient (Wildman–Crippen LogP) is 16.0. The Bertz CT molecular complexity index is 1290. The van der Waals surface area contributed by atoms with Crippen LogP contribution in [0.15, 0.2) is 109 Å². The van der Waals surface area contributed by atoms with Crippen LogP contribution in [-0.4, -0.2) is 37.2 Å². The van der Waals surface area contributed by atoms with Crippen molar-refractivity contribution in [3.05, 3.63) is 109 Å². The normalized spacial score (nSPS) is 13.0. The van der Waals surface area contributed by atoms with E-state index in [-0.39, 0.29) is 37.5 Å². The summed E-state index contributed by atoms with van der Waals surface area (Å²) in [6, 6.07) is 0. The molecule has 6 nitrogen and oxygen atoms in total. The summed E-state index contributed by atoms with van der Waals surface area (Å²) in [5, 5.41) is 0. The third-order valence-corrected chi connectivity index (χ3v) is 9.81. The summed E-state index contributed by atoms with van der Waals surface area (Å²) in [6.07, 6.45) is 65.1. The number of carbonyl (C=O) groups excluding carboxylic acids is 3. The third kappa shape index (κ3) is 47.0. The molecule has 0 saturated heterocycles. The number of ether oxygens (including phenoxy) is 3. The lowest BCUT2D eigenvalue weighted by Gasteiger charge is -2.18. The summed E-state index contributed by atoms with van der Waals surface area (Å²) >= 11 is 0. The molecule has 0 bridgehead atoms. The standard InChI is InChI=1S/C55H88O6/c1-4-7-10-13-16-19-22-24-25-26-27-28-29-31-33-36-39-42-45-48-54(57)60-51-52(50-59-53(56)47-44-41-38-35-32-21-18-15-12-9-6-3)61-55(58)49-46-43-40-37-34-30-23-20-17-14-11-8-5-2/h7-12,14,16-21,23-25,35,38,52H,4-6,13,15,22,26-34,36-37,39-51H2,1-3H3/b10-7-,11-8-,12-9-,17-14-,19-16-,21-18-,23-20-,25-24-,38-35-. The molecule has 0 aliphatic heterocycles. The highest BCUT2D eigenvalue weighted by Gasteiger charge is 2.19. The van der Waals surface area contributed by atoms with Gasteiger partial charge in [-0.1, -0.05) is 194 Å². The maximum atomic E-state index is 12.7. The van der Waals surface area contributed by atoms with E-state index in [0.717, 1.165) is 116 Å². The molecule has 0 saturated carbocycles. The Morgan fingerprint density at radius 2 is 0.689 bits per heavy atom. The third-order valence-electron chi connectivity index (χ3n) is 9.81. The van der Waals surface area contributed by atoms with Gasteiger partial charge in [-0.25, -0.2) is 0 Å². The first-order chi connectivity index (χ1) is 30.0. The zero-order valence-corrected chi connectivity index (χ0v) is 39.1. The SMILES string of the molecule is CC\C=C/C=C\C=C/CCCCCCCC(=O)OC(COC(=O)CCC/C=C\C/C=C\C/C=C\CC)COC(=O)CCCCCCCCCCC/C=C\C/C=C\C/C=C\CC. The molecule has 0 radical (unpaired) electrons. The van der Waals surface area contributed by atoms with E-state index in [2.05, 4.69) is 124 Å². The monoisotopic (exact) mass is 845 g/mol. The molecule has 0 aromatic heterocycles. The van der Waals surface area contributed by atoms with Crippen LogP contribution < -0.4 is 0 Å². The van der Waals surface area contributed by atoms with E-state index in [9.17, 15) is 14.4 Å². The Labute approximate surface area is 374 Å². The molecule has 0 aliphatic rings. The molecule has 61 heavy (non-hydrogen) atoms. The van der Waals surface area contributed by atoms with Gasteiger partial charge >= 0.3 is 17.9 Å². The van der Waals surface area contributed by atoms with Crippen molar-refractivity contribution in [3.8, 4) is 0 Å². The highest BCUT2D eigenvalue weighted by Crippen LogP contribution is 2.13. The molecule has 0 aromatic carbocycles. The minimum absolute atomic E-state index is 0.107. The summed E-state index contributed by atoms with van der Waals surface area (Å²) in [7, 11) is 0. The summed E-state index contributed by atoms with van der Waals surface area (Å²) in [5.74, 6) is -0.999. The Hall–Kier alpha value is -3.93. The quantitative estimate of drug-likeness (QED) is 0.0200. The number of unbranched alkanes of at least 4 members (excludes halogenated alkanes) is 15. The molecule has 0 amide bonds. The van der Waals surface area contributed by atoms with Gasteiger partial charge in [0.1, 0.15) is 13.2 Å². The molecule has 0 rings (SSSR count). The zero-order chi connectivity index (χ0) is 44.4. The summed E-state index contributed by atoms with van der Waals surface area (Å²) in [6.45, 7) is 6.19. The van der Waals surface area contributed by atoms with E-state index in [0.29, 0.717) is 19.3 Å². The predicted molar refractivity (Wildman–Crippen MR) is 260 cm³/mol. The fraction of sp³-hybridized carbons (Fsp3) is 0.618. The lowest BCUT2D eigenvalue weighted by molar-refractivity contribution is -0.167. The molecule has 0 N–H and O–H groups in total. The van der Waals surface area contributed by atoms with Crippen LogP contribution in [0, 0.1) is 0 Å². The van der Waals surface area contributed by atoms with Crippen LogP contribution in [0.5, 0.6) is 0 Å². The highest BCUT2D eigenvalue weighted by molar-refractivity contribution is 5.71. The first-order valence-corrected chi connectivity index (χ1v) is 24.4. The maximum Gasteiger partial charge on any atom is 0.306 e. The first kappa shape index (κ1) is 57.1. The molecule has 0 fully saturated rings. The van der Waals surface area contributed by atoms with E-state index in [1.807, 2.05) is 6.08 Å². The average molecular weight is 845 g/mol. The van der Waals surface area contributed by atoms with Gasteiger partial charge in [-0.2, -0.15) is 0 Å². The molecule has 0 aromatic rings. The fourth-order valence-corrected chi connectivity index (χ4v) is 6.24. The van der Waals surface area contributed by atoms with E-state index in [4.69, 9.17) is 14.2 Å². The summed E-state index contributed by atoms with van der Waals surface area (Å²) in [5.41, 5.74) is 0. The van der Waals surface area contributed by atoms with Crippen molar-refractivity contribution in [2.24, 2.45) is 0 Å². The van der Waals surface area contributed by atoms with Crippen LogP contribution in [0.4, 0.5) is 0 Å². The average Bonchev–Trinajstić information content (AvgIpc) is 3.26. The Kier molecular flexibility index (Phi) is 45.6. The number of allylic oxidation sites excluding steroid dienone is 18. The minimum atomic E-state index is -0.811. The number of hydrogen-bond donors (Lipinski definition) is 0. The maximum absolute atomic E-state index is 12.7. The van der Waals surface area contributed by atoms with E-state index in [1.165, 1.54) is 38.5 Å². The Morgan fingerprint density at radius 1 is 0.344 bits per heavy atom. The molecule has 0 aliphatic carbocycles. The highest BCUT2D eigenvalue weighted by atomic mass is 16.6. The molecule has 0 spiro atoms. The molecule has 1 unspecified atom stereocenters. The van der Waals surface area contributed by atoms with Gasteiger partial charge in [0.05, 0.1) is 0 Å². The number of carbonyl (C=O) groups is 3. The Morgan fingerprint density at radius 3 is 1.16 bits per heavy atom. The van der Waals surface area contributed by atoms with Crippen LogP contribution in [-0.2, 0) is 28.6 Å². The number of hydrogen-bond acceptors (Lipinski definition) is 6. The first-order valence-electron chi connectivity index (χ1n) is 24.4. The molecule has 6 heteroatoms. The van der Waals surface area contributed by atoms with Crippen molar-refractivity contribution < 1.29 is 28.6 Å². The van der Waals surface area contributed by atoms with E-state index < -0.39 is 6.10 Å². The topological polar surface area (TPSA) is 78.9 Å². The minimum Gasteiger partial charge on any atom is -0.462 e. The van der Waals surface area contributed by atoms with Crippen LogP contribution in [0.3, 0.4) is 0 Å². The zero-order valence-electron chi connectivity index (χ0n) is 39.1. The van der Waals surface area contributed by atoms with Crippen LogP contribution in [0.25, 0.3) is 0 Å². The van der Waals surface area contributed by atoms with Crippen molar-refractivity contribution in [1.82, 2.24) is 0 Å². The second kappa shape index (κ2) is 48.7. The van der Waals surface area contributed by atoms with Gasteiger partial charge in [0.25, 0.3) is 0 Å². The Balaban J connectivity index is 4.42. The van der Waals surface area contributed by atoms with Gasteiger partial charge in [0, 0.05) is 19.3 Å². The second-order valence-corrected chi connectivity index (χ2v) is 15.6. The van der Waals surface area contributed by atoms with Crippen molar-refractivity contribution in [2.45, 2.75) is 207 Å². The van der Waals surface area contributed by atoms with Gasteiger partial charge < -0.3 is 14.2 Å². The van der Waals surface area contributed by atoms with Crippen LogP contribution in [0.2, 0.25) is 0 Å². The molecular formula is C55H88O6. The van der Waals surface area contributed by atoms with Gasteiger partial charge in [0.15, 0.2) is 6.10 Å². The van der Waals surface area contributed by atoms with Gasteiger partial charge in [-0.15, -0.1) is 0 Å². The van der Waals surface area contributed by atoms with Crippen molar-refractivity contribution >= 4 is 17.9 Å². The van der Waals surface area contributed by atoms with Crippen LogP contribution in [0.1, 0.15) is 201 Å². The van der Waals surface area contributed by atoms with E-state index >= 15 is 0 Å².